The standard InChI is InChI=1S/C27H31F2N5O3/c1-27(2,16-31)9-8-17-4-7-24-23(11-17)34(3)25(35)22(15-37-24)33-26(36)32-14-18(13-30)10-19-5-6-20(28)12-21(19)29/h4-7,11-14,22,25,30,35H,10,15-16,31H2,1-3H3,(H2,32,33,36)/b18-14-,30-13?/t22-,25?/m0/s1. The number of aliphatic hydroxyl groups excluding tert-OH is 1. The Morgan fingerprint density at radius 3 is 2.76 bits per heavy atom. The van der Waals surface area contributed by atoms with E-state index in [4.69, 9.17) is 15.9 Å². The Kier molecular flexibility index (Phi) is 8.86. The molecule has 1 heterocycles. The fraction of sp³-hybridized carbons (Fsp3) is 0.333. The Morgan fingerprint density at radius 1 is 1.32 bits per heavy atom. The van der Waals surface area contributed by atoms with Gasteiger partial charge in [0.2, 0.25) is 0 Å². The lowest BCUT2D eigenvalue weighted by Gasteiger charge is -2.29. The van der Waals surface area contributed by atoms with Gasteiger partial charge in [0.05, 0.1) is 5.69 Å². The van der Waals surface area contributed by atoms with Gasteiger partial charge in [-0.15, -0.1) is 0 Å². The van der Waals surface area contributed by atoms with Crippen molar-refractivity contribution in [2.24, 2.45) is 11.1 Å². The Hall–Kier alpha value is -3.94. The largest absolute Gasteiger partial charge is 0.489 e. The second kappa shape index (κ2) is 11.9. The van der Waals surface area contributed by atoms with Crippen molar-refractivity contribution >= 4 is 17.9 Å². The molecule has 2 amide bonds. The van der Waals surface area contributed by atoms with Crippen LogP contribution in [-0.4, -0.2) is 49.8 Å². The number of carbonyl (C=O) groups excluding carboxylic acids is 1. The Morgan fingerprint density at radius 2 is 2.08 bits per heavy atom. The summed E-state index contributed by atoms with van der Waals surface area (Å²) in [6, 6.07) is 7.09. The summed E-state index contributed by atoms with van der Waals surface area (Å²) in [6.45, 7) is 4.32. The van der Waals surface area contributed by atoms with E-state index in [0.717, 1.165) is 23.9 Å². The molecule has 10 heteroatoms. The number of nitrogens with zero attached hydrogens (tertiary/aromatic N) is 1. The van der Waals surface area contributed by atoms with Crippen LogP contribution < -0.4 is 26.0 Å². The maximum Gasteiger partial charge on any atom is 0.319 e. The molecule has 1 aliphatic rings. The molecule has 2 aromatic rings. The SMILES string of the molecule is CN1c2cc(C#CC(C)(C)CN)ccc2OC[C@H](NC(=O)N/C=C(\C=N)Cc2ccc(F)cc2F)C1O. The molecule has 2 aromatic carbocycles. The van der Waals surface area contributed by atoms with Crippen molar-refractivity contribution in [1.82, 2.24) is 10.6 Å². The number of likely N-dealkylation sites (N-methyl/N-ethyl adjacent to an activating group) is 1. The first-order chi connectivity index (χ1) is 17.5. The first-order valence-corrected chi connectivity index (χ1v) is 11.6. The quantitative estimate of drug-likeness (QED) is 0.301. The number of nitrogens with two attached hydrogens (primary N) is 1. The van der Waals surface area contributed by atoms with E-state index in [9.17, 15) is 18.7 Å². The Bertz CT molecular complexity index is 1250. The third-order valence-corrected chi connectivity index (χ3v) is 5.87. The van der Waals surface area contributed by atoms with E-state index in [2.05, 4.69) is 22.5 Å². The summed E-state index contributed by atoms with van der Waals surface area (Å²) < 4.78 is 32.9. The van der Waals surface area contributed by atoms with E-state index in [0.29, 0.717) is 18.0 Å². The van der Waals surface area contributed by atoms with E-state index in [-0.39, 0.29) is 29.6 Å². The molecular formula is C27H31F2N5O3. The number of halogens is 2. The number of fused-ring (bicyclic) bond motifs is 1. The van der Waals surface area contributed by atoms with Crippen LogP contribution in [-0.2, 0) is 6.42 Å². The van der Waals surface area contributed by atoms with Crippen LogP contribution in [0.25, 0.3) is 0 Å². The van der Waals surface area contributed by atoms with Crippen molar-refractivity contribution in [3.63, 3.8) is 0 Å². The van der Waals surface area contributed by atoms with Crippen molar-refractivity contribution in [2.75, 3.05) is 25.1 Å². The second-order valence-electron chi connectivity index (χ2n) is 9.36. The van der Waals surface area contributed by atoms with Crippen molar-refractivity contribution < 1.29 is 23.4 Å². The number of anilines is 1. The number of benzene rings is 2. The minimum Gasteiger partial charge on any atom is -0.489 e. The summed E-state index contributed by atoms with van der Waals surface area (Å²) in [7, 11) is 1.68. The predicted octanol–water partition coefficient (Wildman–Crippen LogP) is 2.89. The zero-order valence-electron chi connectivity index (χ0n) is 20.9. The van der Waals surface area contributed by atoms with E-state index in [1.54, 1.807) is 24.1 Å². The molecule has 3 rings (SSSR count). The maximum atomic E-state index is 13.9. The number of hydrogen-bond acceptors (Lipinski definition) is 6. The van der Waals surface area contributed by atoms with Crippen LogP contribution in [0, 0.1) is 34.3 Å². The van der Waals surface area contributed by atoms with Gasteiger partial charge in [-0.25, -0.2) is 13.6 Å². The fourth-order valence-corrected chi connectivity index (χ4v) is 3.48. The molecular weight excluding hydrogens is 480 g/mol. The van der Waals surface area contributed by atoms with Gasteiger partial charge in [-0.3, -0.25) is 0 Å². The first-order valence-electron chi connectivity index (χ1n) is 11.6. The molecule has 0 radical (unpaired) electrons. The van der Waals surface area contributed by atoms with Gasteiger partial charge >= 0.3 is 6.03 Å². The smallest absolute Gasteiger partial charge is 0.319 e. The van der Waals surface area contributed by atoms with Crippen LogP contribution >= 0.6 is 0 Å². The molecule has 1 unspecified atom stereocenters. The molecule has 6 N–H and O–H groups in total. The molecule has 0 bridgehead atoms. The highest BCUT2D eigenvalue weighted by molar-refractivity contribution is 5.80. The second-order valence-corrected chi connectivity index (χ2v) is 9.36. The van der Waals surface area contributed by atoms with Gasteiger partial charge in [0.15, 0.2) is 6.23 Å². The number of urea groups is 1. The topological polar surface area (TPSA) is 124 Å². The van der Waals surface area contributed by atoms with Crippen LogP contribution in [0.4, 0.5) is 19.3 Å². The molecule has 0 saturated heterocycles. The molecule has 0 spiro atoms. The third kappa shape index (κ3) is 7.29. The van der Waals surface area contributed by atoms with Crippen molar-refractivity contribution in [3.8, 4) is 17.6 Å². The lowest BCUT2D eigenvalue weighted by atomic mass is 9.94. The highest BCUT2D eigenvalue weighted by Gasteiger charge is 2.31. The highest BCUT2D eigenvalue weighted by Crippen LogP contribution is 2.32. The van der Waals surface area contributed by atoms with Gasteiger partial charge in [0, 0.05) is 49.5 Å². The summed E-state index contributed by atoms with van der Waals surface area (Å²) in [5.74, 6) is 5.33. The van der Waals surface area contributed by atoms with E-state index >= 15 is 0 Å². The van der Waals surface area contributed by atoms with Crippen LogP contribution in [0.5, 0.6) is 5.75 Å². The zero-order chi connectivity index (χ0) is 27.2. The van der Waals surface area contributed by atoms with Crippen molar-refractivity contribution in [1.29, 1.82) is 5.41 Å². The minimum atomic E-state index is -1.12. The van der Waals surface area contributed by atoms with E-state index < -0.39 is 29.9 Å². The molecule has 0 aliphatic carbocycles. The summed E-state index contributed by atoms with van der Waals surface area (Å²) in [6.07, 6.45) is 1.08. The molecule has 1 aliphatic heterocycles. The molecule has 2 atom stereocenters. The number of hydrogen-bond donors (Lipinski definition) is 5. The Balaban J connectivity index is 1.67. The molecule has 8 nitrogen and oxygen atoms in total. The van der Waals surface area contributed by atoms with Gasteiger partial charge < -0.3 is 36.5 Å². The lowest BCUT2D eigenvalue weighted by molar-refractivity contribution is 0.110. The normalized spacial score (nSPS) is 17.5. The molecule has 0 saturated carbocycles. The number of allylic oxidation sites excluding steroid dienone is 1. The van der Waals surface area contributed by atoms with Gasteiger partial charge in [0.1, 0.15) is 30.0 Å². The lowest BCUT2D eigenvalue weighted by Crippen LogP contribution is -2.54. The highest BCUT2D eigenvalue weighted by atomic mass is 19.1. The van der Waals surface area contributed by atoms with Gasteiger partial charge in [0.25, 0.3) is 0 Å². The molecule has 0 aromatic heterocycles. The minimum absolute atomic E-state index is 0.000905. The maximum absolute atomic E-state index is 13.9. The number of carbonyl (C=O) groups is 1. The molecule has 37 heavy (non-hydrogen) atoms. The Labute approximate surface area is 215 Å². The number of amides is 2. The van der Waals surface area contributed by atoms with E-state index in [1.165, 1.54) is 12.3 Å². The molecule has 0 fully saturated rings. The van der Waals surface area contributed by atoms with Crippen LogP contribution in [0.1, 0.15) is 25.0 Å². The van der Waals surface area contributed by atoms with Gasteiger partial charge in [-0.1, -0.05) is 17.9 Å². The van der Waals surface area contributed by atoms with Crippen LogP contribution in [0.2, 0.25) is 0 Å². The van der Waals surface area contributed by atoms with Gasteiger partial charge in [-0.2, -0.15) is 0 Å². The number of rotatable bonds is 6. The zero-order valence-corrected chi connectivity index (χ0v) is 20.9. The first kappa shape index (κ1) is 27.6. The average molecular weight is 512 g/mol. The van der Waals surface area contributed by atoms with Gasteiger partial charge in [-0.05, 0) is 49.2 Å². The fourth-order valence-electron chi connectivity index (χ4n) is 3.48. The van der Waals surface area contributed by atoms with Crippen LogP contribution in [0.15, 0.2) is 48.2 Å². The predicted molar refractivity (Wildman–Crippen MR) is 138 cm³/mol. The molecule has 196 valence electrons. The monoisotopic (exact) mass is 511 g/mol. The summed E-state index contributed by atoms with van der Waals surface area (Å²) in [5, 5.41) is 23.6. The summed E-state index contributed by atoms with van der Waals surface area (Å²) in [4.78, 5) is 14.1. The van der Waals surface area contributed by atoms with Crippen LogP contribution in [0.3, 0.4) is 0 Å². The third-order valence-electron chi connectivity index (χ3n) is 5.87. The number of nitrogens with one attached hydrogen (secondary N) is 3. The van der Waals surface area contributed by atoms with Crippen molar-refractivity contribution in [2.45, 2.75) is 32.5 Å². The number of aliphatic hydroxyl groups is 1. The summed E-state index contributed by atoms with van der Waals surface area (Å²) in [5.41, 5.74) is 7.22. The van der Waals surface area contributed by atoms with Crippen molar-refractivity contribution in [3.05, 3.63) is 70.9 Å². The average Bonchev–Trinajstić information content (AvgIpc) is 2.98. The van der Waals surface area contributed by atoms with E-state index in [1.807, 2.05) is 19.9 Å². The summed E-state index contributed by atoms with van der Waals surface area (Å²) >= 11 is 0. The number of ether oxygens (including phenoxy) is 1.